The van der Waals surface area contributed by atoms with Gasteiger partial charge in [0.2, 0.25) is 11.8 Å². The number of hydrogen-bond donors (Lipinski definition) is 1. The smallest absolute Gasteiger partial charge is 0.225 e. The third-order valence-electron chi connectivity index (χ3n) is 3.28. The molecule has 0 unspecified atom stereocenters. The Bertz CT molecular complexity index is 620. The predicted octanol–water partition coefficient (Wildman–Crippen LogP) is 0.748. The molecule has 2 N–H and O–H groups in total. The maximum absolute atomic E-state index is 5.76. The van der Waals surface area contributed by atoms with Gasteiger partial charge in [-0.1, -0.05) is 0 Å². The Morgan fingerprint density at radius 3 is 2.78 bits per heavy atom. The van der Waals surface area contributed by atoms with Gasteiger partial charge in [-0.15, -0.1) is 0 Å². The van der Waals surface area contributed by atoms with Gasteiger partial charge in [0.1, 0.15) is 24.8 Å². The molecule has 23 heavy (non-hydrogen) atoms. The molecular formula is C15H19N5O3. The number of anilines is 2. The van der Waals surface area contributed by atoms with E-state index in [0.717, 1.165) is 18.9 Å². The zero-order valence-electron chi connectivity index (χ0n) is 12.7. The van der Waals surface area contributed by atoms with Gasteiger partial charge in [0.15, 0.2) is 0 Å². The molecule has 0 spiro atoms. The normalized spacial score (nSPS) is 14.5. The molecule has 0 aromatic carbocycles. The second-order valence-electron chi connectivity index (χ2n) is 4.91. The summed E-state index contributed by atoms with van der Waals surface area (Å²) in [5, 5.41) is 0. The molecule has 3 rings (SSSR count). The second-order valence-corrected chi connectivity index (χ2v) is 4.91. The van der Waals surface area contributed by atoms with Crippen molar-refractivity contribution in [3.8, 4) is 11.6 Å². The molecule has 0 amide bonds. The van der Waals surface area contributed by atoms with Crippen molar-refractivity contribution in [2.75, 3.05) is 50.2 Å². The molecular weight excluding hydrogens is 298 g/mol. The number of hydrogen-bond acceptors (Lipinski definition) is 8. The van der Waals surface area contributed by atoms with E-state index < -0.39 is 0 Å². The number of nitrogens with zero attached hydrogens (tertiary/aromatic N) is 4. The van der Waals surface area contributed by atoms with Gasteiger partial charge in [-0.2, -0.15) is 9.97 Å². The molecule has 1 aliphatic rings. The molecule has 122 valence electrons. The van der Waals surface area contributed by atoms with E-state index in [9.17, 15) is 0 Å². The number of aromatic nitrogens is 3. The Kier molecular flexibility index (Phi) is 5.05. The zero-order chi connectivity index (χ0) is 15.9. The molecule has 0 bridgehead atoms. The number of nitrogen functional groups attached to an aromatic ring is 1. The van der Waals surface area contributed by atoms with E-state index in [2.05, 4.69) is 19.9 Å². The van der Waals surface area contributed by atoms with E-state index in [-0.39, 0.29) is 5.95 Å². The van der Waals surface area contributed by atoms with E-state index in [1.165, 1.54) is 0 Å². The average Bonchev–Trinajstić information content (AvgIpc) is 2.60. The van der Waals surface area contributed by atoms with Gasteiger partial charge in [-0.05, 0) is 12.1 Å². The molecule has 0 saturated carbocycles. The fourth-order valence-electron chi connectivity index (χ4n) is 2.20. The molecule has 0 aliphatic carbocycles. The molecule has 1 fully saturated rings. The molecule has 0 radical (unpaired) electrons. The topological polar surface area (TPSA) is 95.6 Å². The quantitative estimate of drug-likeness (QED) is 0.780. The fourth-order valence-corrected chi connectivity index (χ4v) is 2.20. The van der Waals surface area contributed by atoms with Crippen molar-refractivity contribution in [3.05, 3.63) is 30.6 Å². The number of pyridine rings is 1. The standard InChI is InChI=1S/C15H19N5O3/c16-15-18-13(20-4-6-21-7-5-20)10-14(19-15)23-9-8-22-12-2-1-3-17-11-12/h1-3,10-11H,4-9H2,(H2,16,18,19). The largest absolute Gasteiger partial charge is 0.488 e. The van der Waals surface area contributed by atoms with E-state index in [4.69, 9.17) is 19.9 Å². The molecule has 3 heterocycles. The lowest BCUT2D eigenvalue weighted by Crippen LogP contribution is -2.36. The lowest BCUT2D eigenvalue weighted by Gasteiger charge is -2.27. The van der Waals surface area contributed by atoms with Crippen LogP contribution >= 0.6 is 0 Å². The summed E-state index contributed by atoms with van der Waals surface area (Å²) >= 11 is 0. The third kappa shape index (κ3) is 4.43. The summed E-state index contributed by atoms with van der Waals surface area (Å²) in [6, 6.07) is 5.44. The first-order chi connectivity index (χ1) is 11.3. The molecule has 2 aromatic rings. The number of rotatable bonds is 6. The highest BCUT2D eigenvalue weighted by Gasteiger charge is 2.14. The lowest BCUT2D eigenvalue weighted by atomic mass is 10.4. The summed E-state index contributed by atoms with van der Waals surface area (Å²) in [5.74, 6) is 2.09. The van der Waals surface area contributed by atoms with Crippen LogP contribution in [0, 0.1) is 0 Å². The van der Waals surface area contributed by atoms with Gasteiger partial charge >= 0.3 is 0 Å². The molecule has 1 saturated heterocycles. The first-order valence-electron chi connectivity index (χ1n) is 7.44. The summed E-state index contributed by atoms with van der Waals surface area (Å²) < 4.78 is 16.5. The van der Waals surface area contributed by atoms with Crippen molar-refractivity contribution >= 4 is 11.8 Å². The Morgan fingerprint density at radius 2 is 2.00 bits per heavy atom. The molecule has 0 atom stereocenters. The van der Waals surface area contributed by atoms with Crippen LogP contribution in [0.3, 0.4) is 0 Å². The summed E-state index contributed by atoms with van der Waals surface area (Å²) in [4.78, 5) is 14.4. The number of morpholine rings is 1. The van der Waals surface area contributed by atoms with Gasteiger partial charge in [0.25, 0.3) is 0 Å². The minimum absolute atomic E-state index is 0.192. The van der Waals surface area contributed by atoms with Crippen molar-refractivity contribution < 1.29 is 14.2 Å². The number of ether oxygens (including phenoxy) is 3. The van der Waals surface area contributed by atoms with Gasteiger partial charge in [-0.3, -0.25) is 4.98 Å². The molecule has 1 aliphatic heterocycles. The maximum atomic E-state index is 5.76. The van der Waals surface area contributed by atoms with Crippen LogP contribution in [0.5, 0.6) is 11.6 Å². The van der Waals surface area contributed by atoms with Gasteiger partial charge in [0.05, 0.1) is 19.4 Å². The summed E-state index contributed by atoms with van der Waals surface area (Å²) in [6.45, 7) is 3.66. The van der Waals surface area contributed by atoms with E-state index in [1.54, 1.807) is 18.5 Å². The highest BCUT2D eigenvalue weighted by Crippen LogP contribution is 2.19. The highest BCUT2D eigenvalue weighted by molar-refractivity contribution is 5.45. The van der Waals surface area contributed by atoms with Crippen LogP contribution in [0.2, 0.25) is 0 Å². The first-order valence-corrected chi connectivity index (χ1v) is 7.44. The van der Waals surface area contributed by atoms with E-state index in [0.29, 0.717) is 38.1 Å². The SMILES string of the molecule is Nc1nc(OCCOc2cccnc2)cc(N2CCOCC2)n1. The molecule has 8 heteroatoms. The zero-order valence-corrected chi connectivity index (χ0v) is 12.7. The van der Waals surface area contributed by atoms with Crippen LogP contribution in [0.25, 0.3) is 0 Å². The minimum atomic E-state index is 0.192. The van der Waals surface area contributed by atoms with Crippen molar-refractivity contribution in [2.45, 2.75) is 0 Å². The van der Waals surface area contributed by atoms with Crippen LogP contribution in [0.1, 0.15) is 0 Å². The maximum Gasteiger partial charge on any atom is 0.225 e. The lowest BCUT2D eigenvalue weighted by molar-refractivity contribution is 0.122. The minimum Gasteiger partial charge on any atom is -0.488 e. The molecule has 2 aromatic heterocycles. The van der Waals surface area contributed by atoms with Crippen molar-refractivity contribution in [2.24, 2.45) is 0 Å². The predicted molar refractivity (Wildman–Crippen MR) is 84.7 cm³/mol. The van der Waals surface area contributed by atoms with Gasteiger partial charge in [-0.25, -0.2) is 0 Å². The monoisotopic (exact) mass is 317 g/mol. The summed E-state index contributed by atoms with van der Waals surface area (Å²) in [6.07, 6.45) is 3.35. The van der Waals surface area contributed by atoms with Crippen molar-refractivity contribution in [1.29, 1.82) is 0 Å². The van der Waals surface area contributed by atoms with Crippen LogP contribution in [0.4, 0.5) is 11.8 Å². The van der Waals surface area contributed by atoms with Crippen LogP contribution in [-0.2, 0) is 4.74 Å². The first kappa shape index (κ1) is 15.3. The van der Waals surface area contributed by atoms with Crippen molar-refractivity contribution in [3.63, 3.8) is 0 Å². The van der Waals surface area contributed by atoms with Gasteiger partial charge in [0, 0.05) is 25.4 Å². The van der Waals surface area contributed by atoms with E-state index >= 15 is 0 Å². The Labute approximate surface area is 134 Å². The molecule has 8 nitrogen and oxygen atoms in total. The van der Waals surface area contributed by atoms with Crippen molar-refractivity contribution in [1.82, 2.24) is 15.0 Å². The number of nitrogens with two attached hydrogens (primary N) is 1. The Morgan fingerprint density at radius 1 is 1.17 bits per heavy atom. The highest BCUT2D eigenvalue weighted by atomic mass is 16.5. The van der Waals surface area contributed by atoms with Crippen LogP contribution < -0.4 is 20.1 Å². The van der Waals surface area contributed by atoms with E-state index in [1.807, 2.05) is 12.1 Å². The Balaban J connectivity index is 1.54. The Hall–Kier alpha value is -2.61. The van der Waals surface area contributed by atoms with Crippen LogP contribution in [-0.4, -0.2) is 54.5 Å². The fraction of sp³-hybridized carbons (Fsp3) is 0.400. The third-order valence-corrected chi connectivity index (χ3v) is 3.28. The second kappa shape index (κ2) is 7.59. The van der Waals surface area contributed by atoms with Gasteiger partial charge < -0.3 is 24.8 Å². The average molecular weight is 317 g/mol. The van der Waals surface area contributed by atoms with Crippen LogP contribution in [0.15, 0.2) is 30.6 Å². The summed E-state index contributed by atoms with van der Waals surface area (Å²) in [7, 11) is 0. The summed E-state index contributed by atoms with van der Waals surface area (Å²) in [5.41, 5.74) is 5.76.